The number of rotatable bonds is 13. The summed E-state index contributed by atoms with van der Waals surface area (Å²) in [5.41, 5.74) is 2.43. The number of esters is 1. The van der Waals surface area contributed by atoms with Crippen LogP contribution in [0.4, 0.5) is 0 Å². The first-order valence-corrected chi connectivity index (χ1v) is 12.1. The lowest BCUT2D eigenvalue weighted by atomic mass is 9.81. The fraction of sp³-hybridized carbons (Fsp3) is 0.679. The molecule has 170 valence electrons. The molecule has 0 saturated carbocycles. The van der Waals surface area contributed by atoms with E-state index in [1.54, 1.807) is 0 Å². The van der Waals surface area contributed by atoms with Gasteiger partial charge >= 0.3 is 5.97 Å². The Morgan fingerprint density at radius 2 is 1.50 bits per heavy atom. The summed E-state index contributed by atoms with van der Waals surface area (Å²) in [5, 5.41) is 0. The van der Waals surface area contributed by atoms with Crippen molar-refractivity contribution in [1.82, 2.24) is 0 Å². The predicted octanol–water partition coefficient (Wildman–Crippen LogP) is 8.57. The van der Waals surface area contributed by atoms with E-state index >= 15 is 0 Å². The average molecular weight is 415 g/mol. The van der Waals surface area contributed by atoms with Crippen LogP contribution in [-0.4, -0.2) is 11.6 Å². The zero-order valence-corrected chi connectivity index (χ0v) is 20.9. The van der Waals surface area contributed by atoms with Gasteiger partial charge in [0, 0.05) is 0 Å². The molecule has 0 aliphatic carbocycles. The molecule has 2 nitrogen and oxygen atoms in total. The van der Waals surface area contributed by atoms with Crippen LogP contribution in [-0.2, 0) is 4.74 Å². The fourth-order valence-electron chi connectivity index (χ4n) is 4.48. The van der Waals surface area contributed by atoms with Crippen molar-refractivity contribution >= 4 is 5.97 Å². The molecule has 2 heteroatoms. The lowest BCUT2D eigenvalue weighted by Gasteiger charge is -2.35. The Morgan fingerprint density at radius 1 is 0.967 bits per heavy atom. The third-order valence-corrected chi connectivity index (χ3v) is 6.87. The Kier molecular flexibility index (Phi) is 10.9. The Labute approximate surface area is 186 Å². The molecule has 1 unspecified atom stereocenters. The van der Waals surface area contributed by atoms with Gasteiger partial charge in [-0.2, -0.15) is 0 Å². The zero-order chi connectivity index (χ0) is 22.9. The van der Waals surface area contributed by atoms with Crippen LogP contribution in [0, 0.1) is 17.8 Å². The molecule has 30 heavy (non-hydrogen) atoms. The van der Waals surface area contributed by atoms with Gasteiger partial charge in [-0.15, -0.1) is 0 Å². The largest absolute Gasteiger partial charge is 0.451 e. The zero-order valence-electron chi connectivity index (χ0n) is 20.9. The van der Waals surface area contributed by atoms with Crippen LogP contribution < -0.4 is 0 Å². The topological polar surface area (TPSA) is 26.3 Å². The Morgan fingerprint density at radius 3 is 1.90 bits per heavy atom. The van der Waals surface area contributed by atoms with Crippen LogP contribution in [0.25, 0.3) is 0 Å². The molecule has 1 aromatic carbocycles. The number of carbonyl (C=O) groups is 1. The van der Waals surface area contributed by atoms with Crippen molar-refractivity contribution in [1.29, 1.82) is 0 Å². The second-order valence-electron chi connectivity index (χ2n) is 9.68. The van der Waals surface area contributed by atoms with E-state index in [1.807, 2.05) is 12.1 Å². The van der Waals surface area contributed by atoms with E-state index in [4.69, 9.17) is 4.74 Å². The van der Waals surface area contributed by atoms with Crippen LogP contribution in [0.15, 0.2) is 36.4 Å². The number of hydrogen-bond acceptors (Lipinski definition) is 2. The Hall–Kier alpha value is -1.57. The van der Waals surface area contributed by atoms with E-state index in [1.165, 1.54) is 5.56 Å². The minimum atomic E-state index is -0.573. The number of benzene rings is 1. The molecule has 0 bridgehead atoms. The van der Waals surface area contributed by atoms with Gasteiger partial charge in [-0.25, -0.2) is 4.79 Å². The minimum absolute atomic E-state index is 0.235. The average Bonchev–Trinajstić information content (AvgIpc) is 2.73. The van der Waals surface area contributed by atoms with Gasteiger partial charge in [-0.3, -0.25) is 0 Å². The quantitative estimate of drug-likeness (QED) is 0.239. The van der Waals surface area contributed by atoms with E-state index in [-0.39, 0.29) is 5.97 Å². The first-order chi connectivity index (χ1) is 14.1. The molecule has 0 saturated heterocycles. The molecule has 0 radical (unpaired) electrons. The van der Waals surface area contributed by atoms with Crippen molar-refractivity contribution in [2.75, 3.05) is 0 Å². The Balaban J connectivity index is 3.01. The summed E-state index contributed by atoms with van der Waals surface area (Å²) in [6.07, 6.45) is 5.86. The van der Waals surface area contributed by atoms with E-state index in [0.717, 1.165) is 44.1 Å². The monoisotopic (exact) mass is 414 g/mol. The van der Waals surface area contributed by atoms with Crippen LogP contribution in [0.1, 0.15) is 116 Å². The van der Waals surface area contributed by atoms with E-state index in [9.17, 15) is 4.79 Å². The number of ether oxygens (including phenoxy) is 1. The van der Waals surface area contributed by atoms with Crippen LogP contribution in [0.5, 0.6) is 0 Å². The van der Waals surface area contributed by atoms with E-state index in [0.29, 0.717) is 29.2 Å². The highest BCUT2D eigenvalue weighted by Crippen LogP contribution is 2.35. The summed E-state index contributed by atoms with van der Waals surface area (Å²) in [6.45, 7) is 22.1. The smallest absolute Gasteiger partial charge is 0.339 e. The molecule has 1 rings (SSSR count). The van der Waals surface area contributed by atoms with Crippen LogP contribution in [0.2, 0.25) is 0 Å². The highest BCUT2D eigenvalue weighted by Gasteiger charge is 2.35. The normalized spacial score (nSPS) is 13.2. The maximum Gasteiger partial charge on any atom is 0.339 e. The summed E-state index contributed by atoms with van der Waals surface area (Å²) < 4.78 is 6.15. The summed E-state index contributed by atoms with van der Waals surface area (Å²) >= 11 is 0. The van der Waals surface area contributed by atoms with Gasteiger partial charge in [0.25, 0.3) is 0 Å². The molecular weight excluding hydrogens is 368 g/mol. The lowest BCUT2D eigenvalue weighted by molar-refractivity contribution is -0.00666. The molecule has 0 aromatic heterocycles. The fourth-order valence-corrected chi connectivity index (χ4v) is 4.48. The van der Waals surface area contributed by atoms with E-state index in [2.05, 4.69) is 74.1 Å². The second kappa shape index (κ2) is 12.3. The standard InChI is InChI=1S/C28H46O2/c1-10-23(11-2)19-22(9)28(12-3,13-4)30-27(29)25-16-14-24(15-17-25)26(21(7)8)18-20(5)6/h14-17,20-21,23,26H,9-13,18-19H2,1-8H3. The van der Waals surface area contributed by atoms with Crippen LogP contribution in [0.3, 0.4) is 0 Å². The van der Waals surface area contributed by atoms with Crippen molar-refractivity contribution in [2.24, 2.45) is 17.8 Å². The molecule has 1 atom stereocenters. The van der Waals surface area contributed by atoms with Gasteiger partial charge in [0.1, 0.15) is 5.60 Å². The summed E-state index contributed by atoms with van der Waals surface area (Å²) in [7, 11) is 0. The first-order valence-electron chi connectivity index (χ1n) is 12.1. The van der Waals surface area contributed by atoms with Gasteiger partial charge in [0.2, 0.25) is 0 Å². The maximum atomic E-state index is 13.0. The van der Waals surface area contributed by atoms with E-state index < -0.39 is 5.60 Å². The van der Waals surface area contributed by atoms with Crippen molar-refractivity contribution in [3.63, 3.8) is 0 Å². The molecular formula is C28H46O2. The molecule has 0 N–H and O–H groups in total. The summed E-state index contributed by atoms with van der Waals surface area (Å²) in [6, 6.07) is 8.10. The third kappa shape index (κ3) is 7.00. The lowest BCUT2D eigenvalue weighted by Crippen LogP contribution is -2.36. The van der Waals surface area contributed by atoms with Crippen molar-refractivity contribution in [3.05, 3.63) is 47.5 Å². The van der Waals surface area contributed by atoms with Crippen LogP contribution >= 0.6 is 0 Å². The van der Waals surface area contributed by atoms with Gasteiger partial charge in [-0.1, -0.05) is 86.9 Å². The predicted molar refractivity (Wildman–Crippen MR) is 130 cm³/mol. The molecule has 0 heterocycles. The summed E-state index contributed by atoms with van der Waals surface area (Å²) in [4.78, 5) is 13.0. The molecule has 0 aliphatic rings. The SMILES string of the molecule is C=C(CC(CC)CC)C(CC)(CC)OC(=O)c1ccc(C(CC(C)C)C(C)C)cc1. The number of carbonyl (C=O) groups excluding carboxylic acids is 1. The second-order valence-corrected chi connectivity index (χ2v) is 9.68. The molecule has 0 amide bonds. The summed E-state index contributed by atoms with van der Waals surface area (Å²) in [5.74, 6) is 2.10. The van der Waals surface area contributed by atoms with Crippen molar-refractivity contribution in [2.45, 2.75) is 105 Å². The Bertz CT molecular complexity index is 646. The molecule has 1 aromatic rings. The van der Waals surface area contributed by atoms with Gasteiger partial charge in [0.15, 0.2) is 0 Å². The molecule has 0 fully saturated rings. The third-order valence-electron chi connectivity index (χ3n) is 6.87. The van der Waals surface area contributed by atoms with Gasteiger partial charge in [0.05, 0.1) is 5.56 Å². The molecule has 0 spiro atoms. The maximum absolute atomic E-state index is 13.0. The first kappa shape index (κ1) is 26.5. The van der Waals surface area contributed by atoms with Crippen molar-refractivity contribution < 1.29 is 9.53 Å². The number of hydrogen-bond donors (Lipinski definition) is 0. The molecule has 0 aliphatic heterocycles. The minimum Gasteiger partial charge on any atom is -0.451 e. The van der Waals surface area contributed by atoms with Crippen molar-refractivity contribution in [3.8, 4) is 0 Å². The van der Waals surface area contributed by atoms with Gasteiger partial charge in [-0.05, 0) is 72.6 Å². The van der Waals surface area contributed by atoms with Gasteiger partial charge < -0.3 is 4.74 Å². The highest BCUT2D eigenvalue weighted by molar-refractivity contribution is 5.90. The highest BCUT2D eigenvalue weighted by atomic mass is 16.6.